The van der Waals surface area contributed by atoms with Gasteiger partial charge < -0.3 is 18.9 Å². The average molecular weight is 628 g/mol. The number of carbonyl (C=O) groups excluding carboxylic acids is 2. The van der Waals surface area contributed by atoms with Crippen LogP contribution in [0.15, 0.2) is 55.2 Å². The highest BCUT2D eigenvalue weighted by atomic mass is 79.9. The summed E-state index contributed by atoms with van der Waals surface area (Å²) in [4.78, 5) is 31.6. The lowest BCUT2D eigenvalue weighted by molar-refractivity contribution is -0.145. The number of carbonyl (C=O) groups is 2. The largest absolute Gasteiger partial charge is 0.497 e. The fraction of sp³-hybridized carbons (Fsp3) is 0.292. The summed E-state index contributed by atoms with van der Waals surface area (Å²) in [5, 5.41) is 0.566. The lowest BCUT2D eigenvalue weighted by atomic mass is 10.2. The van der Waals surface area contributed by atoms with Gasteiger partial charge in [0.1, 0.15) is 11.5 Å². The van der Waals surface area contributed by atoms with Gasteiger partial charge in [-0.1, -0.05) is 0 Å². The molecule has 1 saturated heterocycles. The van der Waals surface area contributed by atoms with Crippen molar-refractivity contribution in [1.29, 1.82) is 0 Å². The Morgan fingerprint density at radius 3 is 2.43 bits per heavy atom. The first-order valence-electron chi connectivity index (χ1n) is 10.6. The summed E-state index contributed by atoms with van der Waals surface area (Å²) in [6.07, 6.45) is 1.79. The summed E-state index contributed by atoms with van der Waals surface area (Å²) in [5.41, 5.74) is 1.47. The molecule has 35 heavy (non-hydrogen) atoms. The van der Waals surface area contributed by atoms with Crippen LogP contribution < -0.4 is 9.47 Å². The highest BCUT2D eigenvalue weighted by molar-refractivity contribution is 9.11. The molecule has 0 atom stereocenters. The third kappa shape index (κ3) is 7.33. The molecule has 1 aliphatic heterocycles. The summed E-state index contributed by atoms with van der Waals surface area (Å²) < 4.78 is 22.1. The third-order valence-corrected chi connectivity index (χ3v) is 6.85. The Balaban J connectivity index is 1.85. The van der Waals surface area contributed by atoms with Crippen LogP contribution in [0.1, 0.15) is 12.5 Å². The van der Waals surface area contributed by atoms with E-state index in [-0.39, 0.29) is 19.1 Å². The summed E-state index contributed by atoms with van der Waals surface area (Å²) in [5.74, 6) is 0.584. The van der Waals surface area contributed by atoms with Gasteiger partial charge in [0, 0.05) is 7.11 Å². The number of ether oxygens (including phenoxy) is 4. The van der Waals surface area contributed by atoms with E-state index in [1.165, 1.54) is 11.8 Å². The fourth-order valence-electron chi connectivity index (χ4n) is 3.02. The molecule has 0 N–H and O–H groups in total. The molecule has 1 aliphatic rings. The van der Waals surface area contributed by atoms with Crippen molar-refractivity contribution in [3.8, 4) is 11.5 Å². The van der Waals surface area contributed by atoms with E-state index in [1.54, 1.807) is 32.1 Å². The van der Waals surface area contributed by atoms with Gasteiger partial charge in [0.2, 0.25) is 0 Å². The molecule has 0 aliphatic carbocycles. The molecule has 8 nitrogen and oxygen atoms in total. The summed E-state index contributed by atoms with van der Waals surface area (Å²) in [7, 11) is 3.19. The maximum absolute atomic E-state index is 13.2. The Kier molecular flexibility index (Phi) is 10.2. The van der Waals surface area contributed by atoms with E-state index in [0.29, 0.717) is 43.6 Å². The average Bonchev–Trinajstić information content (AvgIpc) is 3.11. The summed E-state index contributed by atoms with van der Waals surface area (Å²) in [6, 6.07) is 10.9. The van der Waals surface area contributed by atoms with Crippen LogP contribution in [0.25, 0.3) is 6.08 Å². The molecule has 11 heteroatoms. The number of esters is 1. The van der Waals surface area contributed by atoms with Crippen molar-refractivity contribution in [1.82, 2.24) is 4.90 Å². The van der Waals surface area contributed by atoms with Crippen LogP contribution in [0, 0.1) is 0 Å². The lowest BCUT2D eigenvalue weighted by Crippen LogP contribution is -2.32. The van der Waals surface area contributed by atoms with Gasteiger partial charge >= 0.3 is 5.97 Å². The number of hydrogen-bond acceptors (Lipinski definition) is 8. The Morgan fingerprint density at radius 2 is 1.83 bits per heavy atom. The number of hydrogen-bond donors (Lipinski definition) is 0. The van der Waals surface area contributed by atoms with Crippen LogP contribution in [0.3, 0.4) is 0 Å². The maximum atomic E-state index is 13.2. The van der Waals surface area contributed by atoms with Crippen molar-refractivity contribution in [2.24, 2.45) is 4.99 Å². The molecule has 1 amide bonds. The van der Waals surface area contributed by atoms with Gasteiger partial charge in [0.15, 0.2) is 11.8 Å². The molecule has 0 bridgehead atoms. The van der Waals surface area contributed by atoms with E-state index >= 15 is 0 Å². The van der Waals surface area contributed by atoms with Gasteiger partial charge in [-0.15, -0.1) is 0 Å². The maximum Gasteiger partial charge on any atom is 0.344 e. The normalized spacial score (nSPS) is 15.7. The third-order valence-electron chi connectivity index (χ3n) is 4.66. The van der Waals surface area contributed by atoms with Crippen molar-refractivity contribution < 1.29 is 28.5 Å². The van der Waals surface area contributed by atoms with Crippen LogP contribution in [0.4, 0.5) is 5.69 Å². The van der Waals surface area contributed by atoms with Crippen molar-refractivity contribution in [3.05, 3.63) is 55.8 Å². The molecule has 2 aromatic carbocycles. The number of nitrogens with zero attached hydrogens (tertiary/aromatic N) is 2. The smallest absolute Gasteiger partial charge is 0.344 e. The molecule has 0 aromatic heterocycles. The molecule has 0 unspecified atom stereocenters. The number of benzene rings is 2. The highest BCUT2D eigenvalue weighted by Crippen LogP contribution is 2.38. The minimum absolute atomic E-state index is 0.158. The first kappa shape index (κ1) is 27.3. The molecule has 0 saturated carbocycles. The Hall–Kier alpha value is -2.34. The number of amidine groups is 1. The quantitative estimate of drug-likeness (QED) is 0.257. The molecule has 0 radical (unpaired) electrons. The minimum atomic E-state index is -0.453. The van der Waals surface area contributed by atoms with Gasteiger partial charge in [-0.2, -0.15) is 0 Å². The molecule has 1 fully saturated rings. The minimum Gasteiger partial charge on any atom is -0.497 e. The van der Waals surface area contributed by atoms with E-state index in [9.17, 15) is 9.59 Å². The predicted molar refractivity (Wildman–Crippen MR) is 143 cm³/mol. The van der Waals surface area contributed by atoms with Crippen LogP contribution in [-0.2, 0) is 19.1 Å². The molecule has 3 rings (SSSR count). The van der Waals surface area contributed by atoms with Crippen LogP contribution in [0.2, 0.25) is 0 Å². The van der Waals surface area contributed by atoms with Crippen molar-refractivity contribution in [2.45, 2.75) is 6.92 Å². The van der Waals surface area contributed by atoms with Gasteiger partial charge in [-0.3, -0.25) is 9.69 Å². The SMILES string of the molecule is CCOC(=O)COc1c(Br)cc(/C=C2\SC(=Nc3ccc(OC)cc3)N(CCOC)C2=O)cc1Br. The predicted octanol–water partition coefficient (Wildman–Crippen LogP) is 5.41. The number of rotatable bonds is 10. The number of aliphatic imine (C=N–C) groups is 1. The van der Waals surface area contributed by atoms with E-state index in [1.807, 2.05) is 36.4 Å². The molecular weight excluding hydrogens is 604 g/mol. The van der Waals surface area contributed by atoms with E-state index in [4.69, 9.17) is 18.9 Å². The molecule has 2 aromatic rings. The van der Waals surface area contributed by atoms with Crippen molar-refractivity contribution in [3.63, 3.8) is 0 Å². The van der Waals surface area contributed by atoms with Gasteiger partial charge in [-0.05, 0) is 98.6 Å². The second-order valence-electron chi connectivity index (χ2n) is 7.06. The summed E-state index contributed by atoms with van der Waals surface area (Å²) in [6.45, 7) is 2.57. The fourth-order valence-corrected chi connectivity index (χ4v) is 5.50. The topological polar surface area (TPSA) is 86.7 Å². The second kappa shape index (κ2) is 13.1. The monoisotopic (exact) mass is 626 g/mol. The van der Waals surface area contributed by atoms with E-state index in [0.717, 1.165) is 11.3 Å². The number of halogens is 2. The standard InChI is InChI=1S/C24H24Br2N2O6S/c1-4-33-21(29)14-34-22-18(25)11-15(12-19(22)26)13-20-23(30)28(9-10-31-2)24(35-20)27-16-5-7-17(32-3)8-6-16/h5-8,11-13H,4,9-10,14H2,1-3H3/b20-13-,27-24?. The van der Waals surface area contributed by atoms with E-state index < -0.39 is 5.97 Å². The Labute approximate surface area is 224 Å². The van der Waals surface area contributed by atoms with Gasteiger partial charge in [-0.25, -0.2) is 9.79 Å². The zero-order valence-electron chi connectivity index (χ0n) is 19.4. The number of amides is 1. The second-order valence-corrected chi connectivity index (χ2v) is 9.78. The Bertz CT molecular complexity index is 1110. The Morgan fingerprint density at radius 1 is 1.14 bits per heavy atom. The van der Waals surface area contributed by atoms with Crippen molar-refractivity contribution in [2.75, 3.05) is 40.6 Å². The molecule has 1 heterocycles. The molecular formula is C24H24Br2N2O6S. The molecule has 186 valence electrons. The first-order valence-corrected chi connectivity index (χ1v) is 13.0. The zero-order chi connectivity index (χ0) is 25.4. The lowest BCUT2D eigenvalue weighted by Gasteiger charge is -2.14. The summed E-state index contributed by atoms with van der Waals surface area (Å²) >= 11 is 8.24. The van der Waals surface area contributed by atoms with Crippen LogP contribution in [-0.4, -0.2) is 62.5 Å². The van der Waals surface area contributed by atoms with Crippen molar-refractivity contribution >= 4 is 72.4 Å². The first-order chi connectivity index (χ1) is 16.9. The van der Waals surface area contributed by atoms with Gasteiger partial charge in [0.05, 0.1) is 46.4 Å². The van der Waals surface area contributed by atoms with Crippen LogP contribution >= 0.6 is 43.6 Å². The van der Waals surface area contributed by atoms with E-state index in [2.05, 4.69) is 36.9 Å². The molecule has 0 spiro atoms. The van der Waals surface area contributed by atoms with Crippen LogP contribution in [0.5, 0.6) is 11.5 Å². The number of methoxy groups -OCH3 is 2. The number of thioether (sulfide) groups is 1. The highest BCUT2D eigenvalue weighted by Gasteiger charge is 2.33. The zero-order valence-corrected chi connectivity index (χ0v) is 23.4. The van der Waals surface area contributed by atoms with Gasteiger partial charge in [0.25, 0.3) is 5.91 Å².